The van der Waals surface area contributed by atoms with E-state index in [4.69, 9.17) is 5.73 Å². The van der Waals surface area contributed by atoms with Gasteiger partial charge in [-0.2, -0.15) is 0 Å². The van der Waals surface area contributed by atoms with Gasteiger partial charge < -0.3 is 16.4 Å². The van der Waals surface area contributed by atoms with E-state index in [0.29, 0.717) is 6.42 Å². The maximum absolute atomic E-state index is 10.5. The first-order chi connectivity index (χ1) is 14.2. The summed E-state index contributed by atoms with van der Waals surface area (Å²) in [6.07, 6.45) is 24.5. The molecule has 1 fully saturated rings. The number of primary amides is 1. The van der Waals surface area contributed by atoms with Gasteiger partial charge in [0.05, 0.1) is 0 Å². The SMILES string of the molecule is CCCC1CNCCN1.CCCCCCCC/C=C\CCCCCCCC(N)=O. The van der Waals surface area contributed by atoms with Crippen LogP contribution in [-0.2, 0) is 4.79 Å². The predicted octanol–water partition coefficient (Wildman–Crippen LogP) is 5.86. The highest BCUT2D eigenvalue weighted by Crippen LogP contribution is 2.09. The molecule has 1 rings (SSSR count). The molecule has 172 valence electrons. The van der Waals surface area contributed by atoms with E-state index in [-0.39, 0.29) is 5.91 Å². The molecule has 1 unspecified atom stereocenters. The second-order valence-corrected chi connectivity index (χ2v) is 8.44. The summed E-state index contributed by atoms with van der Waals surface area (Å²) in [5.74, 6) is -0.164. The molecular formula is C25H51N3O. The van der Waals surface area contributed by atoms with Crippen LogP contribution in [0.4, 0.5) is 0 Å². The Kier molecular flexibility index (Phi) is 22.7. The number of nitrogens with one attached hydrogen (secondary N) is 2. The van der Waals surface area contributed by atoms with Gasteiger partial charge in [-0.05, 0) is 38.5 Å². The van der Waals surface area contributed by atoms with E-state index in [1.807, 2.05) is 0 Å². The van der Waals surface area contributed by atoms with Crippen LogP contribution in [0.3, 0.4) is 0 Å². The zero-order valence-corrected chi connectivity index (χ0v) is 19.7. The molecule has 1 aliphatic heterocycles. The lowest BCUT2D eigenvalue weighted by molar-refractivity contribution is -0.118. The van der Waals surface area contributed by atoms with Crippen molar-refractivity contribution in [2.24, 2.45) is 5.73 Å². The van der Waals surface area contributed by atoms with E-state index in [1.54, 1.807) is 0 Å². The smallest absolute Gasteiger partial charge is 0.217 e. The van der Waals surface area contributed by atoms with Crippen molar-refractivity contribution in [2.45, 2.75) is 123 Å². The fourth-order valence-corrected chi connectivity index (χ4v) is 3.64. The number of hydrogen-bond donors (Lipinski definition) is 3. The van der Waals surface area contributed by atoms with Crippen molar-refractivity contribution in [3.63, 3.8) is 0 Å². The molecule has 1 atom stereocenters. The van der Waals surface area contributed by atoms with Crippen LogP contribution in [0.5, 0.6) is 0 Å². The van der Waals surface area contributed by atoms with E-state index in [0.717, 1.165) is 38.5 Å². The Balaban J connectivity index is 0.000000717. The highest BCUT2D eigenvalue weighted by atomic mass is 16.1. The van der Waals surface area contributed by atoms with Gasteiger partial charge in [0, 0.05) is 32.1 Å². The van der Waals surface area contributed by atoms with Gasteiger partial charge in [-0.1, -0.05) is 83.8 Å². The lowest BCUT2D eigenvalue weighted by Gasteiger charge is -2.23. The van der Waals surface area contributed by atoms with Crippen molar-refractivity contribution in [1.82, 2.24) is 10.6 Å². The average molecular weight is 410 g/mol. The summed E-state index contributed by atoms with van der Waals surface area (Å²) in [5.41, 5.74) is 5.10. The normalized spacial score (nSPS) is 16.6. The molecule has 1 saturated heterocycles. The first-order valence-electron chi connectivity index (χ1n) is 12.6. The number of nitrogens with two attached hydrogens (primary N) is 1. The van der Waals surface area contributed by atoms with Crippen LogP contribution < -0.4 is 16.4 Å². The fraction of sp³-hybridized carbons (Fsp3) is 0.880. The van der Waals surface area contributed by atoms with Gasteiger partial charge in [-0.3, -0.25) is 4.79 Å². The molecule has 1 heterocycles. The first-order valence-corrected chi connectivity index (χ1v) is 12.6. The van der Waals surface area contributed by atoms with Crippen molar-refractivity contribution in [1.29, 1.82) is 0 Å². The molecule has 0 aliphatic carbocycles. The third-order valence-corrected chi connectivity index (χ3v) is 5.45. The number of allylic oxidation sites excluding steroid dienone is 2. The van der Waals surface area contributed by atoms with Crippen LogP contribution in [0.15, 0.2) is 12.2 Å². The Morgan fingerprint density at radius 2 is 1.41 bits per heavy atom. The van der Waals surface area contributed by atoms with Crippen molar-refractivity contribution in [3.05, 3.63) is 12.2 Å². The van der Waals surface area contributed by atoms with Crippen molar-refractivity contribution in [2.75, 3.05) is 19.6 Å². The number of hydrogen-bond acceptors (Lipinski definition) is 3. The number of piperazine rings is 1. The summed E-state index contributed by atoms with van der Waals surface area (Å²) in [6, 6.07) is 0.740. The minimum absolute atomic E-state index is 0.164. The molecule has 29 heavy (non-hydrogen) atoms. The molecule has 0 aromatic carbocycles. The molecule has 0 spiro atoms. The molecule has 0 bridgehead atoms. The van der Waals surface area contributed by atoms with Gasteiger partial charge in [0.25, 0.3) is 0 Å². The van der Waals surface area contributed by atoms with Gasteiger partial charge in [-0.15, -0.1) is 0 Å². The number of amides is 1. The predicted molar refractivity (Wildman–Crippen MR) is 128 cm³/mol. The van der Waals surface area contributed by atoms with E-state index in [9.17, 15) is 4.79 Å². The standard InChI is InChI=1S/C18H35NO.C7H16N2/c1-2-3-4-5-6-7-8-9-10-11-12-13-14-15-16-17-18(19)20;1-2-3-7-6-8-4-5-9-7/h9-10H,2-8,11-17H2,1H3,(H2,19,20);7-9H,2-6H2,1H3/b10-9-;. The summed E-state index contributed by atoms with van der Waals surface area (Å²) >= 11 is 0. The van der Waals surface area contributed by atoms with E-state index in [2.05, 4.69) is 36.6 Å². The minimum Gasteiger partial charge on any atom is -0.370 e. The largest absolute Gasteiger partial charge is 0.370 e. The van der Waals surface area contributed by atoms with Crippen LogP contribution in [0.1, 0.15) is 117 Å². The van der Waals surface area contributed by atoms with Gasteiger partial charge in [-0.25, -0.2) is 0 Å². The molecule has 0 aromatic heterocycles. The number of rotatable bonds is 17. The van der Waals surface area contributed by atoms with Crippen LogP contribution >= 0.6 is 0 Å². The van der Waals surface area contributed by atoms with Crippen molar-refractivity contribution < 1.29 is 4.79 Å². The van der Waals surface area contributed by atoms with Gasteiger partial charge in [0.2, 0.25) is 5.91 Å². The van der Waals surface area contributed by atoms with Crippen LogP contribution in [0.2, 0.25) is 0 Å². The van der Waals surface area contributed by atoms with Gasteiger partial charge in [0.1, 0.15) is 0 Å². The molecule has 0 radical (unpaired) electrons. The summed E-state index contributed by atoms with van der Waals surface area (Å²) in [6.45, 7) is 7.94. The summed E-state index contributed by atoms with van der Waals surface area (Å²) < 4.78 is 0. The molecule has 4 N–H and O–H groups in total. The third-order valence-electron chi connectivity index (χ3n) is 5.45. The Bertz CT molecular complexity index is 362. The van der Waals surface area contributed by atoms with Crippen LogP contribution in [-0.4, -0.2) is 31.6 Å². The second-order valence-electron chi connectivity index (χ2n) is 8.44. The fourth-order valence-electron chi connectivity index (χ4n) is 3.64. The highest BCUT2D eigenvalue weighted by Gasteiger charge is 2.09. The number of carbonyl (C=O) groups excluding carboxylic acids is 1. The van der Waals surface area contributed by atoms with Gasteiger partial charge >= 0.3 is 0 Å². The van der Waals surface area contributed by atoms with E-state index in [1.165, 1.54) is 83.5 Å². The Labute approximate surface area is 181 Å². The third kappa shape index (κ3) is 23.3. The van der Waals surface area contributed by atoms with Gasteiger partial charge in [0.15, 0.2) is 0 Å². The van der Waals surface area contributed by atoms with Crippen molar-refractivity contribution in [3.8, 4) is 0 Å². The van der Waals surface area contributed by atoms with Crippen LogP contribution in [0, 0.1) is 0 Å². The lowest BCUT2D eigenvalue weighted by Crippen LogP contribution is -2.48. The quantitative estimate of drug-likeness (QED) is 0.208. The van der Waals surface area contributed by atoms with Crippen molar-refractivity contribution >= 4 is 5.91 Å². The highest BCUT2D eigenvalue weighted by molar-refractivity contribution is 5.73. The first kappa shape index (κ1) is 28.1. The Morgan fingerprint density at radius 1 is 0.828 bits per heavy atom. The number of carbonyl (C=O) groups is 1. The zero-order valence-electron chi connectivity index (χ0n) is 19.7. The summed E-state index contributed by atoms with van der Waals surface area (Å²) in [4.78, 5) is 10.5. The Hall–Kier alpha value is -0.870. The Morgan fingerprint density at radius 3 is 1.93 bits per heavy atom. The number of unbranched alkanes of at least 4 members (excludes halogenated alkanes) is 11. The molecule has 0 aromatic rings. The minimum atomic E-state index is -0.164. The molecule has 1 amide bonds. The van der Waals surface area contributed by atoms with E-state index >= 15 is 0 Å². The van der Waals surface area contributed by atoms with Crippen LogP contribution in [0.25, 0.3) is 0 Å². The zero-order chi connectivity index (χ0) is 21.4. The molecular weight excluding hydrogens is 358 g/mol. The molecule has 4 nitrogen and oxygen atoms in total. The summed E-state index contributed by atoms with van der Waals surface area (Å²) in [7, 11) is 0. The van der Waals surface area contributed by atoms with E-state index < -0.39 is 0 Å². The lowest BCUT2D eigenvalue weighted by atomic mass is 10.1. The topological polar surface area (TPSA) is 67.2 Å². The maximum Gasteiger partial charge on any atom is 0.217 e. The molecule has 4 heteroatoms. The molecule has 0 saturated carbocycles. The second kappa shape index (κ2) is 23.4. The maximum atomic E-state index is 10.5. The average Bonchev–Trinajstić information content (AvgIpc) is 2.72. The molecule has 1 aliphatic rings. The summed E-state index contributed by atoms with van der Waals surface area (Å²) in [5, 5.41) is 6.81. The monoisotopic (exact) mass is 409 g/mol.